The van der Waals surface area contributed by atoms with Crippen LogP contribution in [-0.2, 0) is 0 Å². The average Bonchev–Trinajstić information content (AvgIpc) is 3.98. The molecule has 0 N–H and O–H groups in total. The van der Waals surface area contributed by atoms with Crippen LogP contribution in [0.1, 0.15) is 172 Å². The molecule has 0 unspecified atom stereocenters. The second kappa shape index (κ2) is 23.6. The molecular formula is C50H69FO3S4. The summed E-state index contributed by atoms with van der Waals surface area (Å²) in [5, 5.41) is 5.73. The molecule has 2 aromatic carbocycles. The number of ether oxygens (including phenoxy) is 3. The van der Waals surface area contributed by atoms with Crippen LogP contribution < -0.4 is 14.2 Å². The molecule has 6 aromatic rings. The van der Waals surface area contributed by atoms with Crippen LogP contribution in [0.25, 0.3) is 50.8 Å². The zero-order valence-corrected chi connectivity index (χ0v) is 39.5. The van der Waals surface area contributed by atoms with E-state index in [4.69, 9.17) is 14.2 Å². The first-order valence-electron chi connectivity index (χ1n) is 23.0. The van der Waals surface area contributed by atoms with Gasteiger partial charge in [0.2, 0.25) is 5.06 Å². The number of unbranched alkanes of at least 4 members (excludes halogenated alkanes) is 19. The molecule has 58 heavy (non-hydrogen) atoms. The molecule has 0 aliphatic heterocycles. The predicted molar refractivity (Wildman–Crippen MR) is 258 cm³/mol. The predicted octanol–water partition coefficient (Wildman–Crippen LogP) is 18.7. The van der Waals surface area contributed by atoms with Crippen molar-refractivity contribution in [3.63, 3.8) is 0 Å². The maximum Gasteiger partial charge on any atom is 0.211 e. The summed E-state index contributed by atoms with van der Waals surface area (Å²) in [6.07, 6.45) is 27.5. The summed E-state index contributed by atoms with van der Waals surface area (Å²) in [4.78, 5) is 4.53. The Morgan fingerprint density at radius 2 is 1.00 bits per heavy atom. The Kier molecular flexibility index (Phi) is 18.3. The van der Waals surface area contributed by atoms with Crippen LogP contribution in [0.15, 0.2) is 24.3 Å². The Morgan fingerprint density at radius 1 is 0.483 bits per heavy atom. The largest absolute Gasteiger partial charge is 0.492 e. The van der Waals surface area contributed by atoms with Crippen molar-refractivity contribution in [1.29, 1.82) is 0 Å². The van der Waals surface area contributed by atoms with Crippen molar-refractivity contribution in [2.75, 3.05) is 19.8 Å². The number of rotatable bonds is 29. The minimum Gasteiger partial charge on any atom is -0.492 e. The van der Waals surface area contributed by atoms with Gasteiger partial charge in [0.05, 0.1) is 39.5 Å². The zero-order valence-electron chi connectivity index (χ0n) is 36.2. The fourth-order valence-electron chi connectivity index (χ4n) is 8.22. The van der Waals surface area contributed by atoms with E-state index in [1.807, 2.05) is 11.3 Å². The lowest BCUT2D eigenvalue weighted by atomic mass is 10.0. The highest BCUT2D eigenvalue weighted by molar-refractivity contribution is 7.30. The highest BCUT2D eigenvalue weighted by Crippen LogP contribution is 2.52. The topological polar surface area (TPSA) is 27.7 Å². The monoisotopic (exact) mass is 864 g/mol. The van der Waals surface area contributed by atoms with E-state index >= 15 is 4.39 Å². The third-order valence-corrected chi connectivity index (χ3v) is 16.3. The number of hydrogen-bond donors (Lipinski definition) is 0. The molecule has 6 rings (SSSR count). The lowest BCUT2D eigenvalue weighted by molar-refractivity contribution is 0.300. The minimum atomic E-state index is -0.194. The van der Waals surface area contributed by atoms with Gasteiger partial charge in [-0.2, -0.15) is 0 Å². The quantitative estimate of drug-likeness (QED) is 0.0440. The van der Waals surface area contributed by atoms with E-state index in [9.17, 15) is 0 Å². The Balaban J connectivity index is 1.24. The normalized spacial score (nSPS) is 12.0. The van der Waals surface area contributed by atoms with Crippen LogP contribution >= 0.6 is 45.3 Å². The van der Waals surface area contributed by atoms with Crippen LogP contribution in [-0.4, -0.2) is 19.8 Å². The van der Waals surface area contributed by atoms with E-state index in [2.05, 4.69) is 58.9 Å². The Morgan fingerprint density at radius 3 is 1.59 bits per heavy atom. The minimum absolute atomic E-state index is 0.194. The van der Waals surface area contributed by atoms with Gasteiger partial charge in [-0.25, -0.2) is 4.39 Å². The molecular weight excluding hydrogens is 796 g/mol. The summed E-state index contributed by atoms with van der Waals surface area (Å²) in [6.45, 7) is 13.1. The van der Waals surface area contributed by atoms with Crippen molar-refractivity contribution in [3.05, 3.63) is 39.8 Å². The van der Waals surface area contributed by atoms with Crippen LogP contribution in [0.4, 0.5) is 4.39 Å². The first kappa shape index (κ1) is 45.1. The molecule has 4 heterocycles. The lowest BCUT2D eigenvalue weighted by Gasteiger charge is -2.16. The summed E-state index contributed by atoms with van der Waals surface area (Å²) in [5.41, 5.74) is 0. The Bertz CT molecular complexity index is 2060. The number of benzene rings is 2. The van der Waals surface area contributed by atoms with Crippen LogP contribution in [0.2, 0.25) is 0 Å². The molecule has 0 atom stereocenters. The molecule has 0 aliphatic rings. The summed E-state index contributed by atoms with van der Waals surface area (Å²) < 4.78 is 39.4. The molecule has 0 saturated carbocycles. The maximum atomic E-state index is 16.3. The first-order chi connectivity index (χ1) is 28.4. The molecule has 0 fully saturated rings. The van der Waals surface area contributed by atoms with Crippen molar-refractivity contribution in [2.24, 2.45) is 0 Å². The number of thiophene rings is 4. The van der Waals surface area contributed by atoms with Gasteiger partial charge in [0, 0.05) is 35.5 Å². The van der Waals surface area contributed by atoms with Gasteiger partial charge >= 0.3 is 0 Å². The van der Waals surface area contributed by atoms with Crippen LogP contribution in [0.3, 0.4) is 0 Å². The first-order valence-corrected chi connectivity index (χ1v) is 26.2. The van der Waals surface area contributed by atoms with Gasteiger partial charge < -0.3 is 14.2 Å². The summed E-state index contributed by atoms with van der Waals surface area (Å²) in [6, 6.07) is 9.19. The van der Waals surface area contributed by atoms with Crippen molar-refractivity contribution in [1.82, 2.24) is 0 Å². The highest BCUT2D eigenvalue weighted by atomic mass is 32.1. The molecule has 0 radical (unpaired) electrons. The lowest BCUT2D eigenvalue weighted by Crippen LogP contribution is -2.01. The van der Waals surface area contributed by atoms with Crippen LogP contribution in [0.5, 0.6) is 16.6 Å². The molecule has 4 aromatic heterocycles. The third kappa shape index (κ3) is 11.7. The number of halogens is 1. The number of fused-ring (bicyclic) bond motifs is 4. The van der Waals surface area contributed by atoms with Gasteiger partial charge in [0.25, 0.3) is 0 Å². The molecule has 0 aliphatic carbocycles. The van der Waals surface area contributed by atoms with Crippen molar-refractivity contribution in [2.45, 2.75) is 176 Å². The van der Waals surface area contributed by atoms with E-state index in [1.165, 1.54) is 147 Å². The third-order valence-electron chi connectivity index (χ3n) is 11.5. The van der Waals surface area contributed by atoms with Crippen molar-refractivity contribution >= 4 is 86.4 Å². The molecule has 8 heteroatoms. The molecule has 318 valence electrons. The van der Waals surface area contributed by atoms with Crippen molar-refractivity contribution < 1.29 is 18.6 Å². The van der Waals surface area contributed by atoms with E-state index in [-0.39, 0.29) is 5.82 Å². The van der Waals surface area contributed by atoms with Gasteiger partial charge in [0.1, 0.15) is 11.5 Å². The second-order valence-corrected chi connectivity index (χ2v) is 21.0. The van der Waals surface area contributed by atoms with E-state index in [1.54, 1.807) is 22.7 Å². The van der Waals surface area contributed by atoms with Crippen LogP contribution in [0, 0.1) is 19.7 Å². The fraction of sp³-hybridized carbons (Fsp3) is 0.600. The van der Waals surface area contributed by atoms with Gasteiger partial charge in [0.15, 0.2) is 5.82 Å². The SMILES string of the molecule is CCCCCCCCCCCCOc1sc2c(C)sc(-c3cc4cc5c(OCCCCCCCC)c6sc(C)cc6c(OCCCCCCCC)c5cc4s3)c2c1F. The zero-order chi connectivity index (χ0) is 40.7. The summed E-state index contributed by atoms with van der Waals surface area (Å²) >= 11 is 6.75. The van der Waals surface area contributed by atoms with Gasteiger partial charge in [-0.1, -0.05) is 154 Å². The smallest absolute Gasteiger partial charge is 0.211 e. The van der Waals surface area contributed by atoms with Gasteiger partial charge in [-0.3, -0.25) is 0 Å². The number of aryl methyl sites for hydroxylation is 2. The standard InChI is InChI=1S/C50H69FO3S4/c1-6-9-12-15-18-19-20-21-24-27-30-54-50-44(51)43-47(58-50)36(5)56-49(43)42-33-37-32-38-39(34-41(37)57-42)45(52-28-25-22-16-13-10-7-2)40-31-35(4)55-48(40)46(38)53-29-26-23-17-14-11-8-3/h31-34H,6-30H2,1-5H3. The number of hydrogen-bond acceptors (Lipinski definition) is 7. The molecule has 0 amide bonds. The maximum absolute atomic E-state index is 16.3. The second-order valence-electron chi connectivity index (χ2n) is 16.5. The molecule has 0 bridgehead atoms. The fourth-order valence-corrected chi connectivity index (χ4v) is 12.7. The van der Waals surface area contributed by atoms with E-state index < -0.39 is 0 Å². The van der Waals surface area contributed by atoms with Gasteiger partial charge in [-0.15, -0.1) is 34.0 Å². The summed E-state index contributed by atoms with van der Waals surface area (Å²) in [7, 11) is 0. The molecule has 0 spiro atoms. The average molecular weight is 865 g/mol. The Labute approximate surface area is 364 Å². The van der Waals surface area contributed by atoms with Gasteiger partial charge in [-0.05, 0) is 62.8 Å². The Hall–Kier alpha value is -2.39. The highest BCUT2D eigenvalue weighted by Gasteiger charge is 2.25. The molecule has 0 saturated heterocycles. The van der Waals surface area contributed by atoms with E-state index in [0.29, 0.717) is 24.9 Å². The molecule has 3 nitrogen and oxygen atoms in total. The summed E-state index contributed by atoms with van der Waals surface area (Å²) in [5.74, 6) is 1.77. The van der Waals surface area contributed by atoms with Crippen molar-refractivity contribution in [3.8, 4) is 26.3 Å². The van der Waals surface area contributed by atoms with E-state index in [0.717, 1.165) is 78.1 Å².